The molecular weight excluding hydrogens is 432 g/mol. The molecule has 4 fully saturated rings. The number of hydrogen-bond donors (Lipinski definition) is 0. The van der Waals surface area contributed by atoms with Crippen molar-refractivity contribution in [2.45, 2.75) is 18.0 Å². The Labute approximate surface area is 185 Å². The molecule has 8 rings (SSSR count). The number of aromatic nitrogens is 6. The lowest BCUT2D eigenvalue weighted by Crippen LogP contribution is -2.23. The van der Waals surface area contributed by atoms with E-state index >= 15 is 0 Å². The molecule has 4 atom stereocenters. The highest BCUT2D eigenvalue weighted by atomic mass is 35.5. The van der Waals surface area contributed by atoms with Crippen LogP contribution >= 0.6 is 11.6 Å². The van der Waals surface area contributed by atoms with Crippen LogP contribution in [0.2, 0.25) is 5.02 Å². The molecule has 4 aromatic rings. The van der Waals surface area contributed by atoms with E-state index in [1.54, 1.807) is 24.0 Å². The first-order valence-corrected chi connectivity index (χ1v) is 10.6. The van der Waals surface area contributed by atoms with Crippen molar-refractivity contribution in [2.75, 3.05) is 11.4 Å². The predicted molar refractivity (Wildman–Crippen MR) is 112 cm³/mol. The van der Waals surface area contributed by atoms with E-state index in [0.29, 0.717) is 45.3 Å². The zero-order valence-electron chi connectivity index (χ0n) is 16.8. The SMILES string of the molecule is Cn1cnc2ncn(Cc3nc([C@@]45C6[C@H]4[C@H]5CN6c4cc(Cl)cc(C#N)c4)no3)c(=O)c21. The molecular formula is C21H15ClN8O2. The van der Waals surface area contributed by atoms with Crippen molar-refractivity contribution >= 4 is 28.5 Å². The highest BCUT2D eigenvalue weighted by Crippen LogP contribution is 2.85. The molecule has 1 unspecified atom stereocenters. The molecule has 0 amide bonds. The van der Waals surface area contributed by atoms with Crippen molar-refractivity contribution in [3.63, 3.8) is 0 Å². The summed E-state index contributed by atoms with van der Waals surface area (Å²) in [5, 5.41) is 14.1. The Morgan fingerprint density at radius 2 is 2.16 bits per heavy atom. The van der Waals surface area contributed by atoms with Crippen LogP contribution in [-0.2, 0) is 19.0 Å². The van der Waals surface area contributed by atoms with Gasteiger partial charge in [0.1, 0.15) is 12.9 Å². The molecule has 32 heavy (non-hydrogen) atoms. The number of nitriles is 1. The van der Waals surface area contributed by atoms with Crippen LogP contribution in [0.25, 0.3) is 11.2 Å². The van der Waals surface area contributed by atoms with Gasteiger partial charge in [0.2, 0.25) is 5.89 Å². The smallest absolute Gasteiger partial charge is 0.280 e. The zero-order chi connectivity index (χ0) is 21.8. The minimum Gasteiger partial charge on any atom is -0.367 e. The summed E-state index contributed by atoms with van der Waals surface area (Å²) in [6.45, 7) is 1.03. The first kappa shape index (κ1) is 17.9. The summed E-state index contributed by atoms with van der Waals surface area (Å²) in [6.07, 6.45) is 3.02. The summed E-state index contributed by atoms with van der Waals surface area (Å²) in [4.78, 5) is 28.0. The minimum atomic E-state index is -0.205. The molecule has 2 bridgehead atoms. The molecule has 158 valence electrons. The van der Waals surface area contributed by atoms with Crippen LogP contribution in [-0.4, -0.2) is 41.8 Å². The highest BCUT2D eigenvalue weighted by Gasteiger charge is 2.95. The third-order valence-electron chi connectivity index (χ3n) is 7.14. The lowest BCUT2D eigenvalue weighted by atomic mass is 10.1. The maximum absolute atomic E-state index is 12.8. The number of hydrogen-bond acceptors (Lipinski definition) is 8. The Balaban J connectivity index is 1.16. The molecule has 1 aromatic carbocycles. The lowest BCUT2D eigenvalue weighted by molar-refractivity contribution is 0.362. The van der Waals surface area contributed by atoms with E-state index < -0.39 is 0 Å². The van der Waals surface area contributed by atoms with Gasteiger partial charge in [-0.15, -0.1) is 0 Å². The van der Waals surface area contributed by atoms with Gasteiger partial charge in [-0.05, 0) is 24.1 Å². The van der Waals surface area contributed by atoms with Crippen LogP contribution < -0.4 is 10.5 Å². The molecule has 2 saturated heterocycles. The van der Waals surface area contributed by atoms with Gasteiger partial charge in [0.05, 0.1) is 23.4 Å². The summed E-state index contributed by atoms with van der Waals surface area (Å²) in [5.74, 6) is 2.03. The Bertz CT molecular complexity index is 1540. The van der Waals surface area contributed by atoms with Gasteiger partial charge >= 0.3 is 0 Å². The fraction of sp³-hybridized carbons (Fsp3) is 0.333. The molecule has 5 heterocycles. The summed E-state index contributed by atoms with van der Waals surface area (Å²) in [7, 11) is 1.76. The Hall–Kier alpha value is -3.71. The Morgan fingerprint density at radius 3 is 2.97 bits per heavy atom. The van der Waals surface area contributed by atoms with E-state index in [1.165, 1.54) is 10.9 Å². The molecule has 0 radical (unpaired) electrons. The predicted octanol–water partition coefficient (Wildman–Crippen LogP) is 1.47. The Morgan fingerprint density at radius 1 is 1.31 bits per heavy atom. The van der Waals surface area contributed by atoms with E-state index in [-0.39, 0.29) is 23.6 Å². The maximum Gasteiger partial charge on any atom is 0.280 e. The van der Waals surface area contributed by atoms with Gasteiger partial charge in [0.15, 0.2) is 17.0 Å². The first-order valence-electron chi connectivity index (χ1n) is 10.2. The highest BCUT2D eigenvalue weighted by molar-refractivity contribution is 6.31. The number of anilines is 1. The fourth-order valence-corrected chi connectivity index (χ4v) is 5.86. The number of benzene rings is 1. The van der Waals surface area contributed by atoms with Crippen LogP contribution in [0.15, 0.2) is 40.2 Å². The van der Waals surface area contributed by atoms with Crippen molar-refractivity contribution < 1.29 is 4.52 Å². The zero-order valence-corrected chi connectivity index (χ0v) is 17.6. The number of aryl methyl sites for hydroxylation is 1. The molecule has 10 nitrogen and oxygen atoms in total. The normalized spacial score (nSPS) is 26.9. The number of halogens is 1. The molecule has 4 aliphatic rings. The number of nitrogens with zero attached hydrogens (tertiary/aromatic N) is 8. The van der Waals surface area contributed by atoms with Gasteiger partial charge in [-0.3, -0.25) is 9.36 Å². The van der Waals surface area contributed by atoms with E-state index in [0.717, 1.165) is 12.2 Å². The van der Waals surface area contributed by atoms with Crippen LogP contribution in [0.5, 0.6) is 0 Å². The summed E-state index contributed by atoms with van der Waals surface area (Å²) < 4.78 is 8.61. The van der Waals surface area contributed by atoms with Crippen molar-refractivity contribution in [2.24, 2.45) is 18.9 Å². The largest absolute Gasteiger partial charge is 0.367 e. The second-order valence-corrected chi connectivity index (χ2v) is 9.13. The van der Waals surface area contributed by atoms with E-state index in [2.05, 4.69) is 31.1 Å². The van der Waals surface area contributed by atoms with Crippen molar-refractivity contribution in [3.05, 3.63) is 63.5 Å². The van der Waals surface area contributed by atoms with E-state index in [9.17, 15) is 10.1 Å². The number of piperidine rings is 1. The number of rotatable bonds is 4. The average molecular weight is 447 g/mol. The van der Waals surface area contributed by atoms with Crippen molar-refractivity contribution in [3.8, 4) is 6.07 Å². The van der Waals surface area contributed by atoms with Crippen LogP contribution in [0.4, 0.5) is 5.69 Å². The lowest BCUT2D eigenvalue weighted by Gasteiger charge is -2.19. The van der Waals surface area contributed by atoms with Gasteiger partial charge in [-0.1, -0.05) is 16.8 Å². The molecule has 11 heteroatoms. The second-order valence-electron chi connectivity index (χ2n) is 8.69. The van der Waals surface area contributed by atoms with Crippen molar-refractivity contribution in [1.29, 1.82) is 5.26 Å². The van der Waals surface area contributed by atoms with Gasteiger partial charge in [0.25, 0.3) is 5.56 Å². The topological polar surface area (TPSA) is 119 Å². The molecule has 2 saturated carbocycles. The molecule has 3 aromatic heterocycles. The summed E-state index contributed by atoms with van der Waals surface area (Å²) >= 11 is 6.20. The molecule has 0 N–H and O–H groups in total. The fourth-order valence-electron chi connectivity index (χ4n) is 5.63. The number of fused-ring (bicyclic) bond motifs is 2. The monoisotopic (exact) mass is 446 g/mol. The quantitative estimate of drug-likeness (QED) is 0.462. The van der Waals surface area contributed by atoms with Gasteiger partial charge < -0.3 is 14.0 Å². The minimum absolute atomic E-state index is 0.0912. The van der Waals surface area contributed by atoms with E-state index in [1.807, 2.05) is 12.1 Å². The first-order chi connectivity index (χ1) is 15.5. The molecule has 2 aliphatic heterocycles. The van der Waals surface area contributed by atoms with Crippen LogP contribution in [0.1, 0.15) is 17.3 Å². The summed E-state index contributed by atoms with van der Waals surface area (Å²) in [6, 6.07) is 7.88. The average Bonchev–Trinajstić information content (AvgIpc) is 3.24. The van der Waals surface area contributed by atoms with Gasteiger partial charge in [-0.25, -0.2) is 9.97 Å². The van der Waals surface area contributed by atoms with Crippen LogP contribution in [0.3, 0.4) is 0 Å². The second kappa shape index (κ2) is 5.75. The van der Waals surface area contributed by atoms with Crippen molar-refractivity contribution in [1.82, 2.24) is 29.2 Å². The maximum atomic E-state index is 12.8. The molecule has 2 aliphatic carbocycles. The standard InChI is InChI=1S/C21H15ClN8O2/c1-28-8-24-18-16(28)19(31)29(9-25-18)7-14-26-20(27-32-14)21-13-6-30(17(21)15(13)21)12-3-10(5-23)2-11(22)4-12/h2-4,8-9,13,15,17H,6-7H2,1H3/t13-,15-,17?,21-/m1/s1. The third kappa shape index (κ3) is 2.11. The van der Waals surface area contributed by atoms with E-state index in [4.69, 9.17) is 16.1 Å². The third-order valence-corrected chi connectivity index (χ3v) is 7.36. The van der Waals surface area contributed by atoms with Gasteiger partial charge in [0, 0.05) is 36.3 Å². The summed E-state index contributed by atoms with van der Waals surface area (Å²) in [5.41, 5.74) is 2.05. The molecule has 0 spiro atoms. The van der Waals surface area contributed by atoms with Crippen LogP contribution in [0, 0.1) is 23.2 Å². The number of imidazole rings is 1. The van der Waals surface area contributed by atoms with Gasteiger partial charge in [-0.2, -0.15) is 10.2 Å². The Kier molecular flexibility index (Phi) is 3.22.